The van der Waals surface area contributed by atoms with Crippen molar-refractivity contribution in [2.24, 2.45) is 0 Å². The van der Waals surface area contributed by atoms with Crippen LogP contribution in [0.4, 0.5) is 0 Å². The number of benzene rings is 8. The number of hydrogen-bond acceptors (Lipinski definition) is 11. The predicted octanol–water partition coefficient (Wildman–Crippen LogP) is 12.1. The topological polar surface area (TPSA) is 135 Å². The first-order valence-electron chi connectivity index (χ1n) is 27.8. The summed E-state index contributed by atoms with van der Waals surface area (Å²) in [5.41, 5.74) is 7.95. The van der Waals surface area contributed by atoms with Gasteiger partial charge in [0, 0.05) is 0 Å². The molecule has 82 heavy (non-hydrogen) atoms. The minimum absolute atomic E-state index is 0.0633. The number of aliphatic hydroxyl groups is 1. The minimum atomic E-state index is -0.734. The molecular formula is C69H76N2O11. The number of aliphatic hydroxyl groups excluding tert-OH is 1. The maximum Gasteiger partial charge on any atom is 0.233 e. The minimum Gasteiger partial charge on any atom is -0.394 e. The molecule has 0 aromatic heterocycles. The van der Waals surface area contributed by atoms with Crippen molar-refractivity contribution >= 4 is 12.8 Å². The smallest absolute Gasteiger partial charge is 0.233 e. The van der Waals surface area contributed by atoms with Crippen LogP contribution in [0.5, 0.6) is 0 Å². The molecule has 0 heterocycles. The van der Waals surface area contributed by atoms with Gasteiger partial charge in [0.25, 0.3) is 0 Å². The van der Waals surface area contributed by atoms with E-state index in [0.29, 0.717) is 39.1 Å². The van der Waals surface area contributed by atoms with Gasteiger partial charge in [0.2, 0.25) is 12.8 Å². The van der Waals surface area contributed by atoms with Crippen LogP contribution < -0.4 is 0 Å². The molecule has 6 atom stereocenters. The number of carbonyl (C=O) groups is 2. The van der Waals surface area contributed by atoms with E-state index in [4.69, 9.17) is 38.1 Å². The normalized spacial score (nSPS) is 13.3. The first-order valence-corrected chi connectivity index (χ1v) is 27.8. The number of carbonyl (C=O) groups excluding carboxylic acids is 2. The Balaban J connectivity index is 0.000000236. The number of rotatable bonds is 36. The molecule has 0 aliphatic rings. The summed E-state index contributed by atoms with van der Waals surface area (Å²) >= 11 is 0. The van der Waals surface area contributed by atoms with Crippen LogP contribution in [0.1, 0.15) is 57.9 Å². The first kappa shape index (κ1) is 61.9. The lowest BCUT2D eigenvalue weighted by Gasteiger charge is -2.35. The second kappa shape index (κ2) is 36.6. The molecule has 2 amide bonds. The van der Waals surface area contributed by atoms with Crippen LogP contribution in [0.2, 0.25) is 0 Å². The Morgan fingerprint density at radius 1 is 0.317 bits per heavy atom. The van der Waals surface area contributed by atoms with Gasteiger partial charge in [-0.05, 0) is 50.9 Å². The molecule has 13 nitrogen and oxygen atoms in total. The summed E-state index contributed by atoms with van der Waals surface area (Å²) in [5, 5.41) is 13.0. The molecule has 8 aromatic carbocycles. The lowest BCUT2D eigenvalue weighted by molar-refractivity contribution is -0.211. The van der Waals surface area contributed by atoms with Crippen molar-refractivity contribution in [1.82, 2.24) is 10.1 Å². The number of hydrogen-bond donors (Lipinski definition) is 1. The van der Waals surface area contributed by atoms with Crippen LogP contribution in [-0.2, 0) is 101 Å². The van der Waals surface area contributed by atoms with Crippen LogP contribution >= 0.6 is 0 Å². The van der Waals surface area contributed by atoms with E-state index in [-0.39, 0.29) is 58.8 Å². The average molecular weight is 1110 g/mol. The lowest BCUT2D eigenvalue weighted by Crippen LogP contribution is -2.49. The Morgan fingerprint density at radius 2 is 0.537 bits per heavy atom. The van der Waals surface area contributed by atoms with Crippen molar-refractivity contribution in [3.8, 4) is 0 Å². The zero-order valence-corrected chi connectivity index (χ0v) is 46.6. The Morgan fingerprint density at radius 3 is 0.780 bits per heavy atom. The summed E-state index contributed by atoms with van der Waals surface area (Å²) in [6.45, 7) is 4.51. The van der Waals surface area contributed by atoms with E-state index in [1.165, 1.54) is 10.1 Å². The van der Waals surface area contributed by atoms with Gasteiger partial charge in [0.15, 0.2) is 0 Å². The van der Waals surface area contributed by atoms with Crippen molar-refractivity contribution in [2.45, 2.75) is 103 Å². The Labute approximate surface area is 483 Å². The third-order valence-corrected chi connectivity index (χ3v) is 13.3. The summed E-state index contributed by atoms with van der Waals surface area (Å²) < 4.78 is 38.6. The predicted molar refractivity (Wildman–Crippen MR) is 315 cm³/mol. The molecule has 8 aromatic rings. The lowest BCUT2D eigenvalue weighted by atomic mass is 10.0. The van der Waals surface area contributed by atoms with Gasteiger partial charge >= 0.3 is 0 Å². The van der Waals surface area contributed by atoms with Gasteiger partial charge < -0.3 is 33.5 Å². The molecule has 0 saturated carbocycles. The number of ether oxygens (including phenoxy) is 6. The highest BCUT2D eigenvalue weighted by molar-refractivity contribution is 5.45. The third kappa shape index (κ3) is 22.4. The summed E-state index contributed by atoms with van der Waals surface area (Å²) in [5.74, 6) is 0. The number of hydroxylamine groups is 4. The average Bonchev–Trinajstić information content (AvgIpc) is 3.60. The fraction of sp³-hybridized carbons (Fsp3) is 0.275. The maximum atomic E-state index is 12.2. The fourth-order valence-corrected chi connectivity index (χ4v) is 8.82. The Hall–Kier alpha value is -7.66. The highest BCUT2D eigenvalue weighted by Gasteiger charge is 2.35. The number of nitrogens with zero attached hydrogens (tertiary/aromatic N) is 2. The van der Waals surface area contributed by atoms with E-state index in [2.05, 4.69) is 6.92 Å². The van der Waals surface area contributed by atoms with Crippen molar-refractivity contribution in [3.63, 3.8) is 0 Å². The van der Waals surface area contributed by atoms with Crippen molar-refractivity contribution in [2.75, 3.05) is 19.7 Å². The second-order valence-electron chi connectivity index (χ2n) is 19.4. The van der Waals surface area contributed by atoms with Crippen LogP contribution in [0.3, 0.4) is 0 Å². The monoisotopic (exact) mass is 1110 g/mol. The first-order chi connectivity index (χ1) is 40.5. The van der Waals surface area contributed by atoms with Crippen LogP contribution in [0.25, 0.3) is 0 Å². The maximum absolute atomic E-state index is 12.2. The van der Waals surface area contributed by atoms with Crippen molar-refractivity contribution < 1.29 is 52.8 Å². The summed E-state index contributed by atoms with van der Waals surface area (Å²) in [6.07, 6.45) is -1.41. The van der Waals surface area contributed by atoms with Crippen LogP contribution in [0.15, 0.2) is 243 Å². The van der Waals surface area contributed by atoms with E-state index in [9.17, 15) is 14.7 Å². The molecule has 13 heteroatoms. The van der Waals surface area contributed by atoms with Gasteiger partial charge in [-0.2, -0.15) is 0 Å². The third-order valence-electron chi connectivity index (χ3n) is 13.3. The highest BCUT2D eigenvalue weighted by atomic mass is 16.7. The molecule has 0 unspecified atom stereocenters. The van der Waals surface area contributed by atoms with Gasteiger partial charge in [0.1, 0.15) is 43.7 Å². The Bertz CT molecular complexity index is 2680. The molecule has 0 saturated heterocycles. The molecule has 1 N–H and O–H groups in total. The standard InChI is InChI=1S/C35H39NO5.C34H37NO6/c1-2-33(38-24-29-15-7-3-8-16-29)35(40-26-31-19-11-5-12-20-31)34(39-25-30-17-9-4-10-18-30)23-36(28-37)41-27-32-21-13-6-14-22-32;36-22-33(39-24-29-15-7-2-8-16-29)34(40-25-30-17-9-3-10-18-30)32(38-23-28-13-5-1-6-14-28)21-35(27-37)41-26-31-19-11-4-12-20-31/h3-22,28,33-35H,2,23-27H2,1H3;1-20,27,32-34,36H,21-26H2/t33-,34+,35-;32-,33+,34-/m10/s1. The van der Waals surface area contributed by atoms with E-state index in [1.807, 2.05) is 243 Å². The van der Waals surface area contributed by atoms with Crippen molar-refractivity contribution in [1.29, 1.82) is 0 Å². The van der Waals surface area contributed by atoms with E-state index in [0.717, 1.165) is 44.5 Å². The molecule has 0 bridgehead atoms. The van der Waals surface area contributed by atoms with Crippen LogP contribution in [-0.4, -0.2) is 84.4 Å². The summed E-state index contributed by atoms with van der Waals surface area (Å²) in [7, 11) is 0. The molecule has 8 rings (SSSR count). The number of amides is 2. The van der Waals surface area contributed by atoms with Gasteiger partial charge in [-0.15, -0.1) is 0 Å². The molecule has 0 radical (unpaired) electrons. The molecule has 0 aliphatic heterocycles. The second-order valence-corrected chi connectivity index (χ2v) is 19.4. The summed E-state index contributed by atoms with van der Waals surface area (Å²) in [4.78, 5) is 36.0. The van der Waals surface area contributed by atoms with E-state index >= 15 is 0 Å². The largest absolute Gasteiger partial charge is 0.394 e. The Kier molecular flexibility index (Phi) is 27.7. The molecule has 428 valence electrons. The molecule has 0 fully saturated rings. The SMILES string of the molecule is CC[C@@H](OCc1ccccc1)[C@@H](OCc1ccccc1)[C@H](CN(C=O)OCc1ccccc1)OCc1ccccc1.O=CN(C[C@H](OCc1ccccc1)[C@H](OCc1ccccc1)[C@@H](CO)OCc1ccccc1)OCc1ccccc1. The van der Waals surface area contributed by atoms with Gasteiger partial charge in [-0.1, -0.05) is 250 Å². The van der Waals surface area contributed by atoms with Crippen molar-refractivity contribution in [3.05, 3.63) is 287 Å². The highest BCUT2D eigenvalue weighted by Crippen LogP contribution is 2.23. The fourth-order valence-electron chi connectivity index (χ4n) is 8.82. The van der Waals surface area contributed by atoms with E-state index < -0.39 is 30.5 Å². The van der Waals surface area contributed by atoms with Gasteiger partial charge in [0.05, 0.1) is 65.4 Å². The zero-order chi connectivity index (χ0) is 57.1. The zero-order valence-electron chi connectivity index (χ0n) is 46.6. The van der Waals surface area contributed by atoms with Gasteiger partial charge in [-0.3, -0.25) is 19.3 Å². The van der Waals surface area contributed by atoms with E-state index in [1.54, 1.807) is 0 Å². The summed E-state index contributed by atoms with van der Waals surface area (Å²) in [6, 6.07) is 78.7. The molecular weight excluding hydrogens is 1030 g/mol. The van der Waals surface area contributed by atoms with Crippen LogP contribution in [0, 0.1) is 0 Å². The van der Waals surface area contributed by atoms with Gasteiger partial charge in [-0.25, -0.2) is 10.1 Å². The quantitative estimate of drug-likeness (QED) is 0.0297. The molecule has 0 spiro atoms. The molecule has 0 aliphatic carbocycles.